The van der Waals surface area contributed by atoms with Gasteiger partial charge in [0.25, 0.3) is 0 Å². The largest absolute Gasteiger partial charge is 0.330 e. The molecular formula is C27H26N2S. The third kappa shape index (κ3) is 2.79. The van der Waals surface area contributed by atoms with Crippen LogP contribution in [0, 0.1) is 11.3 Å². The zero-order valence-corrected chi connectivity index (χ0v) is 18.2. The molecule has 150 valence electrons. The monoisotopic (exact) mass is 410 g/mol. The van der Waals surface area contributed by atoms with Crippen molar-refractivity contribution in [3.63, 3.8) is 0 Å². The standard InChI is InChI=1S/C27H26N2S/c1-27-17-29-18-28-26(19-8-3-2-4-9-19)24(29)15-22(27)11-7-10-21(27)14-20-16-30-25-13-6-5-12-23(20)25/h2-6,8-9,12-13,15-16,18,21H,7,10-11,14,17H2,1H3/t21-,27-/m1/s1. The number of benzene rings is 2. The van der Waals surface area contributed by atoms with Gasteiger partial charge in [-0.2, -0.15) is 0 Å². The fraction of sp³-hybridized carbons (Fsp3) is 0.296. The lowest BCUT2D eigenvalue weighted by Crippen LogP contribution is -2.40. The van der Waals surface area contributed by atoms with Crippen molar-refractivity contribution >= 4 is 27.5 Å². The molecule has 2 atom stereocenters. The van der Waals surface area contributed by atoms with E-state index in [2.05, 4.69) is 83.9 Å². The first kappa shape index (κ1) is 18.1. The molecule has 0 bridgehead atoms. The van der Waals surface area contributed by atoms with Crippen LogP contribution in [-0.2, 0) is 13.0 Å². The predicted molar refractivity (Wildman–Crippen MR) is 127 cm³/mol. The lowest BCUT2D eigenvalue weighted by Gasteiger charge is -2.46. The minimum absolute atomic E-state index is 0.211. The maximum Gasteiger partial charge on any atom is 0.0958 e. The smallest absolute Gasteiger partial charge is 0.0958 e. The van der Waals surface area contributed by atoms with Crippen molar-refractivity contribution in [2.24, 2.45) is 11.3 Å². The lowest BCUT2D eigenvalue weighted by atomic mass is 9.61. The average molecular weight is 411 g/mol. The van der Waals surface area contributed by atoms with Gasteiger partial charge >= 0.3 is 0 Å². The van der Waals surface area contributed by atoms with Gasteiger partial charge in [0.15, 0.2) is 0 Å². The number of nitrogens with zero attached hydrogens (tertiary/aromatic N) is 2. The van der Waals surface area contributed by atoms with E-state index in [0.717, 1.165) is 12.2 Å². The molecule has 2 aromatic carbocycles. The number of aromatic nitrogens is 2. The summed E-state index contributed by atoms with van der Waals surface area (Å²) < 4.78 is 3.81. The van der Waals surface area contributed by atoms with Crippen LogP contribution < -0.4 is 0 Å². The van der Waals surface area contributed by atoms with Gasteiger partial charge in [-0.3, -0.25) is 0 Å². The third-order valence-corrected chi connectivity index (χ3v) is 8.41. The Morgan fingerprint density at radius 2 is 1.93 bits per heavy atom. The van der Waals surface area contributed by atoms with Crippen molar-refractivity contribution in [2.45, 2.75) is 39.2 Å². The van der Waals surface area contributed by atoms with Crippen LogP contribution >= 0.6 is 11.3 Å². The lowest BCUT2D eigenvalue weighted by molar-refractivity contribution is 0.152. The zero-order valence-electron chi connectivity index (χ0n) is 17.3. The van der Waals surface area contributed by atoms with E-state index >= 15 is 0 Å². The van der Waals surface area contributed by atoms with Gasteiger partial charge in [-0.25, -0.2) is 4.98 Å². The van der Waals surface area contributed by atoms with E-state index in [1.54, 1.807) is 5.57 Å². The first-order valence-electron chi connectivity index (χ1n) is 11.0. The second-order valence-corrected chi connectivity index (χ2v) is 10.0. The third-order valence-electron chi connectivity index (χ3n) is 7.40. The molecule has 1 saturated carbocycles. The van der Waals surface area contributed by atoms with Gasteiger partial charge < -0.3 is 4.57 Å². The van der Waals surface area contributed by atoms with Crippen LogP contribution in [0.1, 0.15) is 37.4 Å². The maximum absolute atomic E-state index is 4.82. The van der Waals surface area contributed by atoms with Crippen molar-refractivity contribution < 1.29 is 0 Å². The van der Waals surface area contributed by atoms with Crippen LogP contribution in [0.2, 0.25) is 0 Å². The van der Waals surface area contributed by atoms with E-state index < -0.39 is 0 Å². The Bertz CT molecular complexity index is 1250. The number of allylic oxidation sites excluding steroid dienone is 1. The van der Waals surface area contributed by atoms with Gasteiger partial charge in [0.1, 0.15) is 0 Å². The molecular weight excluding hydrogens is 384 g/mol. The Labute approximate surface area is 181 Å². The van der Waals surface area contributed by atoms with E-state index in [-0.39, 0.29) is 5.41 Å². The molecule has 1 fully saturated rings. The Kier molecular flexibility index (Phi) is 4.21. The van der Waals surface area contributed by atoms with Gasteiger partial charge in [-0.1, -0.05) is 61.0 Å². The molecule has 2 aliphatic rings. The molecule has 4 aromatic rings. The van der Waals surface area contributed by atoms with Crippen LogP contribution in [0.3, 0.4) is 0 Å². The highest BCUT2D eigenvalue weighted by Gasteiger charge is 2.43. The summed E-state index contributed by atoms with van der Waals surface area (Å²) in [7, 11) is 0. The summed E-state index contributed by atoms with van der Waals surface area (Å²) in [6.07, 6.45) is 9.53. The molecule has 0 saturated heterocycles. The van der Waals surface area contributed by atoms with Crippen molar-refractivity contribution in [3.05, 3.63) is 83.1 Å². The van der Waals surface area contributed by atoms with E-state index in [0.29, 0.717) is 5.92 Å². The van der Waals surface area contributed by atoms with Gasteiger partial charge in [-0.05, 0) is 60.1 Å². The van der Waals surface area contributed by atoms with Crippen molar-refractivity contribution in [2.75, 3.05) is 0 Å². The van der Waals surface area contributed by atoms with Crippen LogP contribution in [0.25, 0.3) is 27.4 Å². The molecule has 30 heavy (non-hydrogen) atoms. The molecule has 1 aliphatic heterocycles. The fourth-order valence-corrected chi connectivity index (χ4v) is 6.64. The van der Waals surface area contributed by atoms with Gasteiger partial charge in [0.05, 0.1) is 17.7 Å². The van der Waals surface area contributed by atoms with Gasteiger partial charge in [0.2, 0.25) is 0 Å². The predicted octanol–water partition coefficient (Wildman–Crippen LogP) is 7.21. The second kappa shape index (κ2) is 6.95. The normalized spacial score (nSPS) is 23.1. The van der Waals surface area contributed by atoms with Crippen LogP contribution in [0.15, 0.2) is 71.9 Å². The average Bonchev–Trinajstić information content (AvgIpc) is 3.37. The zero-order chi connectivity index (χ0) is 20.1. The molecule has 0 unspecified atom stereocenters. The molecule has 0 radical (unpaired) electrons. The van der Waals surface area contributed by atoms with Crippen LogP contribution in [-0.4, -0.2) is 9.55 Å². The summed E-state index contributed by atoms with van der Waals surface area (Å²) in [5, 5.41) is 3.85. The Morgan fingerprint density at radius 1 is 1.10 bits per heavy atom. The van der Waals surface area contributed by atoms with Crippen molar-refractivity contribution in [3.8, 4) is 11.3 Å². The van der Waals surface area contributed by atoms with Crippen molar-refractivity contribution in [1.29, 1.82) is 0 Å². The first-order valence-corrected chi connectivity index (χ1v) is 11.9. The second-order valence-electron chi connectivity index (χ2n) is 9.11. The molecule has 2 nitrogen and oxygen atoms in total. The highest BCUT2D eigenvalue weighted by Crippen LogP contribution is 2.51. The van der Waals surface area contributed by atoms with E-state index in [9.17, 15) is 0 Å². The molecule has 3 heteroatoms. The number of imidazole rings is 1. The molecule has 3 heterocycles. The Morgan fingerprint density at radius 3 is 2.83 bits per heavy atom. The molecule has 0 amide bonds. The Balaban J connectivity index is 1.37. The SMILES string of the molecule is C[C@]12Cn3cnc(-c4ccccc4)c3C=C1CCC[C@@H]2Cc1csc2ccccc12. The molecule has 1 aliphatic carbocycles. The first-order chi connectivity index (χ1) is 14.7. The molecule has 0 spiro atoms. The quantitative estimate of drug-likeness (QED) is 0.349. The number of thiophene rings is 1. The number of rotatable bonds is 3. The van der Waals surface area contributed by atoms with Crippen molar-refractivity contribution in [1.82, 2.24) is 9.55 Å². The summed E-state index contributed by atoms with van der Waals surface area (Å²) >= 11 is 1.89. The van der Waals surface area contributed by atoms with E-state index in [4.69, 9.17) is 4.98 Å². The highest BCUT2D eigenvalue weighted by molar-refractivity contribution is 7.17. The number of hydrogen-bond acceptors (Lipinski definition) is 2. The molecule has 0 N–H and O–H groups in total. The summed E-state index contributed by atoms with van der Waals surface area (Å²) in [5.41, 5.74) is 6.99. The fourth-order valence-electron chi connectivity index (χ4n) is 5.66. The van der Waals surface area contributed by atoms with Gasteiger partial charge in [0, 0.05) is 22.2 Å². The summed E-state index contributed by atoms with van der Waals surface area (Å²) in [6, 6.07) is 19.5. The van der Waals surface area contributed by atoms with E-state index in [1.165, 1.54) is 52.6 Å². The van der Waals surface area contributed by atoms with Gasteiger partial charge in [-0.15, -0.1) is 11.3 Å². The number of hydrogen-bond donors (Lipinski definition) is 0. The minimum atomic E-state index is 0.211. The maximum atomic E-state index is 4.82. The van der Waals surface area contributed by atoms with Crippen LogP contribution in [0.5, 0.6) is 0 Å². The minimum Gasteiger partial charge on any atom is -0.330 e. The highest BCUT2D eigenvalue weighted by atomic mass is 32.1. The summed E-state index contributed by atoms with van der Waals surface area (Å²) in [4.78, 5) is 4.82. The topological polar surface area (TPSA) is 17.8 Å². The van der Waals surface area contributed by atoms with E-state index in [1.807, 2.05) is 11.3 Å². The van der Waals surface area contributed by atoms with Crippen LogP contribution in [0.4, 0.5) is 0 Å². The molecule has 2 aromatic heterocycles. The Hall–Kier alpha value is -2.65. The summed E-state index contributed by atoms with van der Waals surface area (Å²) in [6.45, 7) is 3.54. The number of fused-ring (bicyclic) bond motifs is 3. The summed E-state index contributed by atoms with van der Waals surface area (Å²) in [5.74, 6) is 0.672. The molecule has 6 rings (SSSR count).